The van der Waals surface area contributed by atoms with Gasteiger partial charge in [-0.15, -0.1) is 0 Å². The second-order valence-electron chi connectivity index (χ2n) is 20.5. The van der Waals surface area contributed by atoms with Crippen LogP contribution in [0.5, 0.6) is 0 Å². The first-order valence-electron chi connectivity index (χ1n) is 23.5. The summed E-state index contributed by atoms with van der Waals surface area (Å²) < 4.78 is 19.6. The molecule has 4 aliphatic heterocycles. The number of piperidine rings is 2. The monoisotopic (exact) mass is 939 g/mol. The third-order valence-corrected chi connectivity index (χ3v) is 16.9. The Morgan fingerprint density at radius 3 is 2.24 bits per heavy atom. The molecule has 0 bridgehead atoms. The fraction of sp³-hybridized carbons (Fsp3) is 0.520. The molecule has 1 aromatic heterocycles. The summed E-state index contributed by atoms with van der Waals surface area (Å²) in [5.41, 5.74) is 1.37. The molecule has 2 saturated carbocycles. The molecule has 13 nitrogen and oxygen atoms in total. The fourth-order valence-corrected chi connectivity index (χ4v) is 13.2. The molecular formula is C50H56Cl2FN7O6. The van der Waals surface area contributed by atoms with Gasteiger partial charge in [0.15, 0.2) is 0 Å². The average molecular weight is 941 g/mol. The lowest BCUT2D eigenvalue weighted by atomic mass is 9.53. The van der Waals surface area contributed by atoms with Crippen LogP contribution in [0, 0.1) is 17.2 Å². The van der Waals surface area contributed by atoms with Crippen LogP contribution < -0.4 is 27.0 Å². The van der Waals surface area contributed by atoms with Crippen LogP contribution in [0.4, 0.5) is 10.1 Å². The van der Waals surface area contributed by atoms with Gasteiger partial charge in [0.1, 0.15) is 17.3 Å². The van der Waals surface area contributed by atoms with Crippen LogP contribution >= 0.6 is 23.2 Å². The zero-order valence-corrected chi connectivity index (χ0v) is 39.0. The first-order chi connectivity index (χ1) is 31.5. The molecule has 1 unspecified atom stereocenters. The molecule has 3 saturated heterocycles. The van der Waals surface area contributed by atoms with Crippen LogP contribution in [-0.4, -0.2) is 74.3 Å². The lowest BCUT2D eigenvalue weighted by Gasteiger charge is -2.50. The van der Waals surface area contributed by atoms with Gasteiger partial charge in [-0.2, -0.15) is 0 Å². The number of nitrogens with one attached hydrogen (secondary N) is 4. The van der Waals surface area contributed by atoms with E-state index < -0.39 is 40.7 Å². The van der Waals surface area contributed by atoms with E-state index in [9.17, 15) is 28.8 Å². The average Bonchev–Trinajstić information content (AvgIpc) is 3.86. The summed E-state index contributed by atoms with van der Waals surface area (Å²) in [6, 6.07) is 13.9. The van der Waals surface area contributed by atoms with Crippen LogP contribution in [0.15, 0.2) is 59.4 Å². The van der Waals surface area contributed by atoms with Crippen LogP contribution in [-0.2, 0) is 36.4 Å². The Bertz CT molecular complexity index is 2740. The number of carbonyl (C=O) groups excluding carboxylic acids is 5. The summed E-state index contributed by atoms with van der Waals surface area (Å²) in [6.45, 7) is 5.56. The van der Waals surface area contributed by atoms with Crippen molar-refractivity contribution in [3.05, 3.63) is 97.6 Å². The maximum Gasteiger partial charge on any atom is 0.329 e. The maximum absolute atomic E-state index is 16.5. The summed E-state index contributed by atoms with van der Waals surface area (Å²) >= 11 is 12.9. The van der Waals surface area contributed by atoms with E-state index in [-0.39, 0.29) is 76.0 Å². The Kier molecular flexibility index (Phi) is 11.3. The number of amides is 5. The molecule has 5 fully saturated rings. The van der Waals surface area contributed by atoms with Crippen molar-refractivity contribution in [2.45, 2.75) is 132 Å². The number of hydrogen-bond donors (Lipinski definition) is 4. The molecule has 4 aromatic rings. The predicted octanol–water partition coefficient (Wildman–Crippen LogP) is 7.13. The number of benzene rings is 3. The topological polar surface area (TPSA) is 164 Å². The van der Waals surface area contributed by atoms with Gasteiger partial charge >= 0.3 is 5.69 Å². The van der Waals surface area contributed by atoms with E-state index in [0.717, 1.165) is 23.9 Å². The summed E-state index contributed by atoms with van der Waals surface area (Å²) in [5, 5.41) is 12.9. The normalized spacial score (nSPS) is 28.4. The van der Waals surface area contributed by atoms with E-state index >= 15 is 4.39 Å². The number of para-hydroxylation sites is 1. The van der Waals surface area contributed by atoms with Gasteiger partial charge in [-0.25, -0.2) is 9.18 Å². The number of likely N-dealkylation sites (tertiary alicyclic amines) is 1. The van der Waals surface area contributed by atoms with Gasteiger partial charge in [-0.05, 0) is 123 Å². The number of fused-ring (bicyclic) bond motifs is 4. The minimum Gasteiger partial charge on any atom is -0.352 e. The van der Waals surface area contributed by atoms with Crippen molar-refractivity contribution >= 4 is 69.5 Å². The van der Waals surface area contributed by atoms with E-state index in [1.807, 2.05) is 29.2 Å². The molecule has 66 heavy (non-hydrogen) atoms. The minimum atomic E-state index is -1.35. The van der Waals surface area contributed by atoms with Crippen LogP contribution in [0.25, 0.3) is 11.0 Å². The third kappa shape index (κ3) is 7.10. The molecular weight excluding hydrogens is 884 g/mol. The van der Waals surface area contributed by atoms with Crippen molar-refractivity contribution in [3.8, 4) is 0 Å². The molecule has 6 aliphatic rings. The first kappa shape index (κ1) is 44.8. The summed E-state index contributed by atoms with van der Waals surface area (Å²) in [5.74, 6) is -2.99. The first-order valence-corrected chi connectivity index (χ1v) is 24.2. The highest BCUT2D eigenvalue weighted by molar-refractivity contribution is 6.31. The molecule has 5 heterocycles. The second-order valence-corrected chi connectivity index (χ2v) is 21.3. The molecule has 3 aromatic carbocycles. The number of aryl methyl sites for hydroxylation is 1. The summed E-state index contributed by atoms with van der Waals surface area (Å²) in [6.07, 6.45) is 7.02. The third-order valence-electron chi connectivity index (χ3n) is 16.4. The lowest BCUT2D eigenvalue weighted by Crippen LogP contribution is -2.61. The molecule has 348 valence electrons. The Labute approximate surface area is 392 Å². The number of rotatable bonds is 6. The second kappa shape index (κ2) is 16.6. The zero-order valence-electron chi connectivity index (χ0n) is 37.5. The largest absolute Gasteiger partial charge is 0.352 e. The molecule has 4 N–H and O–H groups in total. The number of imide groups is 1. The molecule has 10 rings (SSSR count). The van der Waals surface area contributed by atoms with Gasteiger partial charge in [0.2, 0.25) is 29.5 Å². The van der Waals surface area contributed by atoms with Crippen LogP contribution in [0.3, 0.4) is 0 Å². The van der Waals surface area contributed by atoms with Gasteiger partial charge < -0.3 is 15.5 Å². The van der Waals surface area contributed by atoms with Crippen molar-refractivity contribution in [1.29, 1.82) is 0 Å². The van der Waals surface area contributed by atoms with E-state index in [1.54, 1.807) is 35.9 Å². The van der Waals surface area contributed by atoms with Gasteiger partial charge in [0.05, 0.1) is 22.1 Å². The maximum atomic E-state index is 16.5. The van der Waals surface area contributed by atoms with E-state index in [2.05, 4.69) is 35.1 Å². The fourth-order valence-electron chi connectivity index (χ4n) is 12.9. The number of hydrogen-bond acceptors (Lipinski definition) is 7. The smallest absolute Gasteiger partial charge is 0.329 e. The summed E-state index contributed by atoms with van der Waals surface area (Å²) in [4.78, 5) is 84.0. The highest BCUT2D eigenvalue weighted by atomic mass is 35.5. The van der Waals surface area contributed by atoms with Gasteiger partial charge in [-0.3, -0.25) is 43.7 Å². The van der Waals surface area contributed by atoms with Crippen LogP contribution in [0.1, 0.15) is 125 Å². The van der Waals surface area contributed by atoms with Crippen molar-refractivity contribution < 1.29 is 28.4 Å². The van der Waals surface area contributed by atoms with Crippen molar-refractivity contribution in [3.63, 3.8) is 0 Å². The SMILES string of the molecule is Cn1c(=O)n(C2CCC(=O)NC2=O)c2cccc(C3CCN(C(=O)C4CCC(NC(=O)[C@@H]5NC6(CCC(C)(C)CC6)[C@@]6(C(=O)Nc7cc(Cl)ccc76)[C@H]5c5cccc(Cl)c5F)CC4)CC3)c21. The number of halogens is 3. The summed E-state index contributed by atoms with van der Waals surface area (Å²) in [7, 11) is 1.71. The van der Waals surface area contributed by atoms with Gasteiger partial charge in [0.25, 0.3) is 0 Å². The highest BCUT2D eigenvalue weighted by Gasteiger charge is 2.73. The lowest BCUT2D eigenvalue weighted by molar-refractivity contribution is -0.138. The number of carbonyl (C=O) groups is 5. The van der Waals surface area contributed by atoms with Gasteiger partial charge in [-0.1, -0.05) is 67.4 Å². The molecule has 2 aliphatic carbocycles. The highest BCUT2D eigenvalue weighted by Crippen LogP contribution is 2.64. The predicted molar refractivity (Wildman–Crippen MR) is 249 cm³/mol. The molecule has 4 atom stereocenters. The Balaban J connectivity index is 0.840. The number of anilines is 1. The number of imidazole rings is 1. The van der Waals surface area contributed by atoms with Crippen molar-refractivity contribution in [1.82, 2.24) is 30.0 Å². The zero-order chi connectivity index (χ0) is 46.4. The van der Waals surface area contributed by atoms with Crippen LogP contribution in [0.2, 0.25) is 10.0 Å². The van der Waals surface area contributed by atoms with E-state index in [0.29, 0.717) is 86.2 Å². The Morgan fingerprint density at radius 1 is 0.833 bits per heavy atom. The van der Waals surface area contributed by atoms with Crippen molar-refractivity contribution in [2.24, 2.45) is 18.4 Å². The minimum absolute atomic E-state index is 0.0131. The van der Waals surface area contributed by atoms with Crippen molar-refractivity contribution in [2.75, 3.05) is 18.4 Å². The van der Waals surface area contributed by atoms with E-state index in [1.165, 1.54) is 10.6 Å². The molecule has 5 amide bonds. The van der Waals surface area contributed by atoms with Gasteiger partial charge in [0, 0.05) is 60.7 Å². The number of nitrogens with zero attached hydrogens (tertiary/aromatic N) is 3. The quantitative estimate of drug-likeness (QED) is 0.150. The Hall–Kier alpha value is -5.05. The number of aromatic nitrogens is 2. The standard InChI is InChI=1S/C50H56Cl2FN7O6/c1-48(2)20-22-49(23-21-48)50(33-15-12-29(51)26-35(33)55-46(50)65)39(32-7-4-8-34(52)40(32)53)41(57-49)44(63)54-30-13-10-28(11-14-30)45(64)59-24-18-27(19-25-59)31-6-5-9-36-42(31)58(3)47(66)60(36)37-16-17-38(61)56-43(37)62/h4-9,12,15,26-28,30,37,39,41,57H,10-11,13-14,16-25H2,1-3H3,(H,54,63)(H,55,65)(H,56,61,62)/t28?,30?,37?,39-,41+,50+/m0/s1. The van der Waals surface area contributed by atoms with E-state index in [4.69, 9.17) is 23.2 Å². The Morgan fingerprint density at radius 2 is 1.53 bits per heavy atom. The molecule has 2 spiro atoms. The molecule has 16 heteroatoms. The molecule has 0 radical (unpaired) electrons.